The van der Waals surface area contributed by atoms with Gasteiger partial charge < -0.3 is 15.2 Å². The van der Waals surface area contributed by atoms with Crippen LogP contribution in [0.5, 0.6) is 0 Å². The second kappa shape index (κ2) is 5.52. The van der Waals surface area contributed by atoms with Crippen molar-refractivity contribution in [3.05, 3.63) is 24.3 Å². The van der Waals surface area contributed by atoms with Gasteiger partial charge in [0.2, 0.25) is 11.9 Å². The predicted molar refractivity (Wildman–Crippen MR) is 78.5 cm³/mol. The Bertz CT molecular complexity index is 544. The molecule has 19 heavy (non-hydrogen) atoms. The van der Waals surface area contributed by atoms with Crippen LogP contribution in [0, 0.1) is 0 Å². The highest BCUT2D eigenvalue weighted by Gasteiger charge is 2.16. The number of carbonyl (C=O) groups is 1. The molecule has 1 aromatic heterocycles. The van der Waals surface area contributed by atoms with Crippen LogP contribution < -0.4 is 5.32 Å². The van der Waals surface area contributed by atoms with Crippen molar-refractivity contribution in [3.8, 4) is 0 Å². The molecule has 5 nitrogen and oxygen atoms in total. The van der Waals surface area contributed by atoms with Crippen LogP contribution in [0.25, 0.3) is 11.0 Å². The Labute approximate surface area is 115 Å². The molecule has 2 aromatic rings. The highest BCUT2D eigenvalue weighted by molar-refractivity contribution is 7.99. The molecule has 1 fully saturated rings. The van der Waals surface area contributed by atoms with Crippen molar-refractivity contribution in [2.24, 2.45) is 0 Å². The van der Waals surface area contributed by atoms with Gasteiger partial charge in [0.05, 0.1) is 17.6 Å². The number of fused-ring (bicyclic) bond motifs is 1. The van der Waals surface area contributed by atoms with Gasteiger partial charge in [-0.05, 0) is 12.1 Å². The third-order valence-corrected chi connectivity index (χ3v) is 4.10. The lowest BCUT2D eigenvalue weighted by molar-refractivity contribution is -0.128. The lowest BCUT2D eigenvalue weighted by Crippen LogP contribution is -2.41. The SMILES string of the molecule is O=C(CNc1nc2ccccc2[nH]1)N1CCSCC1. The summed E-state index contributed by atoms with van der Waals surface area (Å²) in [6.07, 6.45) is 0. The van der Waals surface area contributed by atoms with Gasteiger partial charge in [0, 0.05) is 24.6 Å². The number of nitrogens with one attached hydrogen (secondary N) is 2. The van der Waals surface area contributed by atoms with Crippen LogP contribution in [-0.4, -0.2) is 51.9 Å². The summed E-state index contributed by atoms with van der Waals surface area (Å²) in [5.41, 5.74) is 1.89. The van der Waals surface area contributed by atoms with Crippen LogP contribution in [0.4, 0.5) is 5.95 Å². The van der Waals surface area contributed by atoms with Crippen LogP contribution in [0.3, 0.4) is 0 Å². The van der Waals surface area contributed by atoms with E-state index in [4.69, 9.17) is 0 Å². The minimum atomic E-state index is 0.140. The Morgan fingerprint density at radius 3 is 2.95 bits per heavy atom. The number of hydrogen-bond donors (Lipinski definition) is 2. The molecule has 0 bridgehead atoms. The van der Waals surface area contributed by atoms with E-state index in [1.807, 2.05) is 40.9 Å². The van der Waals surface area contributed by atoms with E-state index < -0.39 is 0 Å². The summed E-state index contributed by atoms with van der Waals surface area (Å²) in [6.45, 7) is 2.00. The molecule has 2 N–H and O–H groups in total. The number of anilines is 1. The van der Waals surface area contributed by atoms with Gasteiger partial charge in [0.25, 0.3) is 0 Å². The highest BCUT2D eigenvalue weighted by Crippen LogP contribution is 2.13. The van der Waals surface area contributed by atoms with E-state index in [0.29, 0.717) is 12.5 Å². The predicted octanol–water partition coefficient (Wildman–Crippen LogP) is 1.55. The van der Waals surface area contributed by atoms with E-state index in [-0.39, 0.29) is 5.91 Å². The molecule has 1 saturated heterocycles. The summed E-state index contributed by atoms with van der Waals surface area (Å²) in [5, 5.41) is 3.07. The summed E-state index contributed by atoms with van der Waals surface area (Å²) in [4.78, 5) is 21.5. The zero-order valence-electron chi connectivity index (χ0n) is 10.6. The molecule has 0 aliphatic carbocycles. The molecule has 0 radical (unpaired) electrons. The summed E-state index contributed by atoms with van der Waals surface area (Å²) in [7, 11) is 0. The first-order valence-electron chi connectivity index (χ1n) is 6.37. The maximum Gasteiger partial charge on any atom is 0.242 e. The molecular weight excluding hydrogens is 260 g/mol. The molecule has 6 heteroatoms. The monoisotopic (exact) mass is 276 g/mol. The molecule has 0 saturated carbocycles. The van der Waals surface area contributed by atoms with Crippen LogP contribution in [0.15, 0.2) is 24.3 Å². The quantitative estimate of drug-likeness (QED) is 0.893. The largest absolute Gasteiger partial charge is 0.347 e. The van der Waals surface area contributed by atoms with Gasteiger partial charge in [-0.3, -0.25) is 4.79 Å². The second-order valence-electron chi connectivity index (χ2n) is 4.45. The van der Waals surface area contributed by atoms with Crippen molar-refractivity contribution in [2.45, 2.75) is 0 Å². The molecule has 100 valence electrons. The van der Waals surface area contributed by atoms with Gasteiger partial charge >= 0.3 is 0 Å². The Morgan fingerprint density at radius 1 is 1.37 bits per heavy atom. The lowest BCUT2D eigenvalue weighted by atomic mass is 10.3. The smallest absolute Gasteiger partial charge is 0.242 e. The molecule has 1 aliphatic rings. The van der Waals surface area contributed by atoms with E-state index in [1.54, 1.807) is 0 Å². The fraction of sp³-hybridized carbons (Fsp3) is 0.385. The number of imidazole rings is 1. The van der Waals surface area contributed by atoms with Gasteiger partial charge in [-0.1, -0.05) is 12.1 Å². The van der Waals surface area contributed by atoms with Crippen molar-refractivity contribution in [2.75, 3.05) is 36.5 Å². The average Bonchev–Trinajstić information content (AvgIpc) is 2.88. The van der Waals surface area contributed by atoms with Crippen molar-refractivity contribution >= 4 is 34.7 Å². The zero-order chi connectivity index (χ0) is 13.1. The van der Waals surface area contributed by atoms with Crippen molar-refractivity contribution in [3.63, 3.8) is 0 Å². The summed E-state index contributed by atoms with van der Waals surface area (Å²) >= 11 is 1.90. The standard InChI is InChI=1S/C13H16N4OS/c18-12(17-5-7-19-8-6-17)9-14-13-15-10-3-1-2-4-11(10)16-13/h1-4H,5-9H2,(H2,14,15,16). The van der Waals surface area contributed by atoms with Gasteiger partial charge in [-0.15, -0.1) is 0 Å². The Morgan fingerprint density at radius 2 is 2.16 bits per heavy atom. The number of hydrogen-bond acceptors (Lipinski definition) is 4. The second-order valence-corrected chi connectivity index (χ2v) is 5.67. The summed E-state index contributed by atoms with van der Waals surface area (Å²) in [5.74, 6) is 2.87. The minimum absolute atomic E-state index is 0.140. The molecule has 3 rings (SSSR count). The molecular formula is C13H16N4OS. The Balaban J connectivity index is 1.60. The van der Waals surface area contributed by atoms with Gasteiger partial charge in [-0.2, -0.15) is 11.8 Å². The molecule has 2 heterocycles. The first kappa shape index (κ1) is 12.3. The third kappa shape index (κ3) is 2.84. The number of thioether (sulfide) groups is 1. The number of H-pyrrole nitrogens is 1. The number of carbonyl (C=O) groups excluding carboxylic acids is 1. The average molecular weight is 276 g/mol. The van der Waals surface area contributed by atoms with Crippen molar-refractivity contribution in [1.29, 1.82) is 0 Å². The van der Waals surface area contributed by atoms with Crippen LogP contribution in [0.1, 0.15) is 0 Å². The summed E-state index contributed by atoms with van der Waals surface area (Å²) < 4.78 is 0. The normalized spacial score (nSPS) is 15.7. The van der Waals surface area contributed by atoms with Crippen LogP contribution in [-0.2, 0) is 4.79 Å². The van der Waals surface area contributed by atoms with Crippen LogP contribution in [0.2, 0.25) is 0 Å². The molecule has 1 amide bonds. The third-order valence-electron chi connectivity index (χ3n) is 3.16. The van der Waals surface area contributed by atoms with Crippen molar-refractivity contribution in [1.82, 2.24) is 14.9 Å². The molecule has 0 atom stereocenters. The van der Waals surface area contributed by atoms with Gasteiger partial charge in [0.1, 0.15) is 0 Å². The van der Waals surface area contributed by atoms with E-state index >= 15 is 0 Å². The first-order chi connectivity index (χ1) is 9.33. The number of rotatable bonds is 3. The Kier molecular flexibility index (Phi) is 3.59. The van der Waals surface area contributed by atoms with Crippen LogP contribution >= 0.6 is 11.8 Å². The fourth-order valence-electron chi connectivity index (χ4n) is 2.12. The molecule has 0 spiro atoms. The van der Waals surface area contributed by atoms with E-state index in [9.17, 15) is 4.79 Å². The minimum Gasteiger partial charge on any atom is -0.347 e. The number of benzene rings is 1. The number of aromatic nitrogens is 2. The molecule has 1 aromatic carbocycles. The van der Waals surface area contributed by atoms with Gasteiger partial charge in [-0.25, -0.2) is 4.98 Å². The maximum absolute atomic E-state index is 12.0. The number of amides is 1. The fourth-order valence-corrected chi connectivity index (χ4v) is 3.02. The van der Waals surface area contributed by atoms with E-state index in [1.165, 1.54) is 0 Å². The topological polar surface area (TPSA) is 61.0 Å². The van der Waals surface area contributed by atoms with Gasteiger partial charge in [0.15, 0.2) is 0 Å². The lowest BCUT2D eigenvalue weighted by Gasteiger charge is -2.26. The number of para-hydroxylation sites is 2. The maximum atomic E-state index is 12.0. The van der Waals surface area contributed by atoms with Crippen molar-refractivity contribution < 1.29 is 4.79 Å². The van der Waals surface area contributed by atoms with E-state index in [0.717, 1.165) is 35.6 Å². The molecule has 0 unspecified atom stereocenters. The number of aromatic amines is 1. The first-order valence-corrected chi connectivity index (χ1v) is 7.52. The Hall–Kier alpha value is -1.69. The molecule has 1 aliphatic heterocycles. The zero-order valence-corrected chi connectivity index (χ0v) is 11.4. The highest BCUT2D eigenvalue weighted by atomic mass is 32.2. The van der Waals surface area contributed by atoms with E-state index in [2.05, 4.69) is 15.3 Å². The number of nitrogens with zero attached hydrogens (tertiary/aromatic N) is 2. The summed E-state index contributed by atoms with van der Waals surface area (Å²) in [6, 6.07) is 7.82.